The number of carboxylic acids is 1. The first-order chi connectivity index (χ1) is 19.4. The molecule has 2 unspecified atom stereocenters. The van der Waals surface area contributed by atoms with Gasteiger partial charge in [0.25, 0.3) is 0 Å². The van der Waals surface area contributed by atoms with Crippen molar-refractivity contribution in [3.8, 4) is 0 Å². The quantitative estimate of drug-likeness (QED) is 0.131. The monoisotopic (exact) mass is 614 g/mol. The standard InChI is InChI=1S/C22H42N2O5.C12H25NO/c1-8-9-14-29-16(2)12-13-23-18(25)11-10-17(19(26)27)24-20(28)22(6,7)15-21(3,4)5;1-7-10(14)13-9-12(5,6)8-11(2,3)4/h16-17H,8-15H2,1-7H3,(H,23,25)(H,24,28)(H,26,27);7-9H2,1-6H3,(H,13,14). The van der Waals surface area contributed by atoms with Gasteiger partial charge >= 0.3 is 5.97 Å². The van der Waals surface area contributed by atoms with Crippen LogP contribution in [0.2, 0.25) is 0 Å². The molecule has 254 valence electrons. The van der Waals surface area contributed by atoms with E-state index < -0.39 is 17.4 Å². The van der Waals surface area contributed by atoms with Crippen molar-refractivity contribution in [2.24, 2.45) is 21.7 Å². The number of hydrogen-bond donors (Lipinski definition) is 4. The third kappa shape index (κ3) is 24.9. The van der Waals surface area contributed by atoms with Gasteiger partial charge in [0, 0.05) is 38.0 Å². The highest BCUT2D eigenvalue weighted by atomic mass is 16.5. The van der Waals surface area contributed by atoms with E-state index in [1.54, 1.807) is 0 Å². The Balaban J connectivity index is 0. The van der Waals surface area contributed by atoms with Gasteiger partial charge in [-0.05, 0) is 55.3 Å². The maximum Gasteiger partial charge on any atom is 0.326 e. The second kappa shape index (κ2) is 20.0. The Morgan fingerprint density at radius 3 is 1.81 bits per heavy atom. The molecule has 0 bridgehead atoms. The first-order valence-corrected chi connectivity index (χ1v) is 16.1. The fraction of sp³-hybridized carbons (Fsp3) is 0.882. The molecular formula is C34H67N3O6. The molecule has 0 rings (SSSR count). The van der Waals surface area contributed by atoms with Gasteiger partial charge < -0.3 is 25.8 Å². The summed E-state index contributed by atoms with van der Waals surface area (Å²) >= 11 is 0. The van der Waals surface area contributed by atoms with Gasteiger partial charge in [0.15, 0.2) is 0 Å². The molecule has 0 aromatic heterocycles. The molecule has 0 aliphatic rings. The van der Waals surface area contributed by atoms with Gasteiger partial charge in [0.05, 0.1) is 6.10 Å². The molecule has 9 nitrogen and oxygen atoms in total. The van der Waals surface area contributed by atoms with Crippen LogP contribution in [0.4, 0.5) is 0 Å². The van der Waals surface area contributed by atoms with Gasteiger partial charge in [-0.15, -0.1) is 0 Å². The number of rotatable bonds is 18. The summed E-state index contributed by atoms with van der Waals surface area (Å²) in [6, 6.07) is -1.08. The number of carbonyl (C=O) groups is 4. The van der Waals surface area contributed by atoms with E-state index in [-0.39, 0.29) is 47.5 Å². The van der Waals surface area contributed by atoms with E-state index in [2.05, 4.69) is 57.5 Å². The molecule has 9 heteroatoms. The summed E-state index contributed by atoms with van der Waals surface area (Å²) in [5, 5.41) is 17.8. The topological polar surface area (TPSA) is 134 Å². The minimum atomic E-state index is -1.13. The normalized spacial score (nSPS) is 13.7. The average molecular weight is 614 g/mol. The van der Waals surface area contributed by atoms with Crippen LogP contribution in [0.5, 0.6) is 0 Å². The molecule has 0 heterocycles. The Hall–Kier alpha value is -2.16. The Morgan fingerprint density at radius 1 is 0.791 bits per heavy atom. The number of unbranched alkanes of at least 4 members (excludes halogenated alkanes) is 1. The second-order valence-electron chi connectivity index (χ2n) is 15.7. The van der Waals surface area contributed by atoms with Crippen molar-refractivity contribution in [3.05, 3.63) is 0 Å². The predicted molar refractivity (Wildman–Crippen MR) is 176 cm³/mol. The van der Waals surface area contributed by atoms with Crippen LogP contribution in [-0.2, 0) is 23.9 Å². The van der Waals surface area contributed by atoms with Crippen LogP contribution in [0, 0.1) is 21.7 Å². The van der Waals surface area contributed by atoms with Crippen LogP contribution in [0.1, 0.15) is 141 Å². The summed E-state index contributed by atoms with van der Waals surface area (Å²) in [6.45, 7) is 28.8. The van der Waals surface area contributed by atoms with Crippen LogP contribution in [0.15, 0.2) is 0 Å². The maximum atomic E-state index is 12.6. The van der Waals surface area contributed by atoms with Crippen LogP contribution in [0.3, 0.4) is 0 Å². The third-order valence-corrected chi connectivity index (χ3v) is 6.72. The Kier molecular flexibility index (Phi) is 20.0. The van der Waals surface area contributed by atoms with Crippen molar-refractivity contribution in [1.82, 2.24) is 16.0 Å². The van der Waals surface area contributed by atoms with Crippen molar-refractivity contribution >= 4 is 23.7 Å². The van der Waals surface area contributed by atoms with E-state index in [0.29, 0.717) is 31.2 Å². The minimum absolute atomic E-state index is 0.0437. The number of nitrogens with one attached hydrogen (secondary N) is 3. The number of amides is 3. The molecule has 0 aliphatic carbocycles. The van der Waals surface area contributed by atoms with Crippen LogP contribution in [-0.4, -0.2) is 60.6 Å². The second-order valence-corrected chi connectivity index (χ2v) is 15.7. The molecular weight excluding hydrogens is 546 g/mol. The minimum Gasteiger partial charge on any atom is -0.480 e. The summed E-state index contributed by atoms with van der Waals surface area (Å²) < 4.78 is 5.63. The highest BCUT2D eigenvalue weighted by Crippen LogP contribution is 2.34. The molecule has 2 atom stereocenters. The molecule has 43 heavy (non-hydrogen) atoms. The van der Waals surface area contributed by atoms with Crippen molar-refractivity contribution in [2.75, 3.05) is 19.7 Å². The predicted octanol–water partition coefficient (Wildman–Crippen LogP) is 6.48. The SMILES string of the molecule is CCC(=O)NCC(C)(C)CC(C)(C)C.CCCCOC(C)CCNC(=O)CCC(NC(=O)C(C)(C)CC(C)(C)C)C(=O)O. The van der Waals surface area contributed by atoms with Crippen LogP contribution >= 0.6 is 0 Å². The zero-order chi connectivity index (χ0) is 34.1. The summed E-state index contributed by atoms with van der Waals surface area (Å²) in [7, 11) is 0. The third-order valence-electron chi connectivity index (χ3n) is 6.72. The van der Waals surface area contributed by atoms with Gasteiger partial charge in [-0.25, -0.2) is 4.79 Å². The molecule has 0 aromatic rings. The number of carbonyl (C=O) groups excluding carboxylic acids is 3. The van der Waals surface area contributed by atoms with Crippen molar-refractivity contribution in [1.29, 1.82) is 0 Å². The van der Waals surface area contributed by atoms with Gasteiger partial charge in [0.2, 0.25) is 17.7 Å². The number of carboxylic acid groups (broad SMARTS) is 1. The van der Waals surface area contributed by atoms with E-state index in [0.717, 1.165) is 32.4 Å². The fourth-order valence-corrected chi connectivity index (χ4v) is 5.27. The molecule has 0 aromatic carbocycles. The summed E-state index contributed by atoms with van der Waals surface area (Å²) in [5.74, 6) is -1.51. The van der Waals surface area contributed by atoms with Crippen LogP contribution in [0.25, 0.3) is 0 Å². The highest BCUT2D eigenvalue weighted by molar-refractivity contribution is 5.87. The lowest BCUT2D eigenvalue weighted by molar-refractivity contribution is -0.144. The molecule has 0 aliphatic heterocycles. The van der Waals surface area contributed by atoms with Gasteiger partial charge in [-0.2, -0.15) is 0 Å². The summed E-state index contributed by atoms with van der Waals surface area (Å²) in [5.41, 5.74) is -0.248. The Labute approximate surface area is 263 Å². The maximum absolute atomic E-state index is 12.6. The van der Waals surface area contributed by atoms with Gasteiger partial charge in [-0.3, -0.25) is 14.4 Å². The zero-order valence-electron chi connectivity index (χ0n) is 29.9. The first-order valence-electron chi connectivity index (χ1n) is 16.1. The largest absolute Gasteiger partial charge is 0.480 e. The summed E-state index contributed by atoms with van der Waals surface area (Å²) in [6.07, 6.45) is 5.28. The van der Waals surface area contributed by atoms with E-state index in [4.69, 9.17) is 4.74 Å². The van der Waals surface area contributed by atoms with Gasteiger partial charge in [-0.1, -0.05) is 89.5 Å². The molecule has 0 radical (unpaired) electrons. The molecule has 0 fully saturated rings. The molecule has 4 N–H and O–H groups in total. The first kappa shape index (κ1) is 43.0. The summed E-state index contributed by atoms with van der Waals surface area (Å²) in [4.78, 5) is 47.2. The zero-order valence-corrected chi connectivity index (χ0v) is 29.9. The number of hydrogen-bond acceptors (Lipinski definition) is 5. The molecule has 0 saturated heterocycles. The number of ether oxygens (including phenoxy) is 1. The van der Waals surface area contributed by atoms with Crippen molar-refractivity contribution in [3.63, 3.8) is 0 Å². The van der Waals surface area contributed by atoms with E-state index in [1.165, 1.54) is 0 Å². The molecule has 0 saturated carbocycles. The smallest absolute Gasteiger partial charge is 0.326 e. The Bertz CT molecular complexity index is 840. The molecule has 0 spiro atoms. The molecule has 3 amide bonds. The van der Waals surface area contributed by atoms with Crippen LogP contribution < -0.4 is 16.0 Å². The van der Waals surface area contributed by atoms with Crippen molar-refractivity contribution < 1.29 is 29.0 Å². The average Bonchev–Trinajstić information content (AvgIpc) is 2.82. The highest BCUT2D eigenvalue weighted by Gasteiger charge is 2.35. The van der Waals surface area contributed by atoms with Crippen molar-refractivity contribution in [2.45, 2.75) is 154 Å². The lowest BCUT2D eigenvalue weighted by Gasteiger charge is -2.32. The van der Waals surface area contributed by atoms with Gasteiger partial charge in [0.1, 0.15) is 6.04 Å². The van der Waals surface area contributed by atoms with E-state index in [9.17, 15) is 24.3 Å². The lowest BCUT2D eigenvalue weighted by Crippen LogP contribution is -2.48. The number of aliphatic carboxylic acids is 1. The van der Waals surface area contributed by atoms with E-state index >= 15 is 0 Å². The fourth-order valence-electron chi connectivity index (χ4n) is 5.27. The Morgan fingerprint density at radius 2 is 1.35 bits per heavy atom. The lowest BCUT2D eigenvalue weighted by atomic mass is 9.75. The van der Waals surface area contributed by atoms with E-state index in [1.807, 2.05) is 48.5 Å².